The van der Waals surface area contributed by atoms with Crippen molar-refractivity contribution < 1.29 is 13.6 Å². The summed E-state index contributed by atoms with van der Waals surface area (Å²) in [6.45, 7) is 0. The Labute approximate surface area is 130 Å². The largest absolute Gasteiger partial charge is 0.324 e. The predicted octanol–water partition coefficient (Wildman–Crippen LogP) is 3.55. The van der Waals surface area contributed by atoms with E-state index < -0.39 is 23.7 Å². The van der Waals surface area contributed by atoms with Gasteiger partial charge >= 0.3 is 0 Å². The number of aromatic amines is 1. The van der Waals surface area contributed by atoms with Gasteiger partial charge in [-0.15, -0.1) is 0 Å². The molecule has 1 aromatic heterocycles. The Morgan fingerprint density at radius 1 is 1.09 bits per heavy atom. The van der Waals surface area contributed by atoms with Crippen LogP contribution in [0.2, 0.25) is 0 Å². The molecule has 0 saturated heterocycles. The van der Waals surface area contributed by atoms with Gasteiger partial charge in [0, 0.05) is 0 Å². The maximum Gasteiger partial charge on any atom is 0.268 e. The minimum atomic E-state index is -3.03. The number of H-pyrrole nitrogens is 1. The fraction of sp³-hybridized carbons (Fsp3) is 0.176. The summed E-state index contributed by atoms with van der Waals surface area (Å²) in [6.07, 6.45) is 0. The quantitative estimate of drug-likeness (QED) is 0.777. The number of alkyl halides is 2. The zero-order valence-electron chi connectivity index (χ0n) is 12.0. The Morgan fingerprint density at radius 2 is 1.78 bits per heavy atom. The van der Waals surface area contributed by atoms with Crippen molar-refractivity contribution in [2.75, 3.05) is 5.32 Å². The van der Waals surface area contributed by atoms with Crippen LogP contribution < -0.4 is 5.32 Å². The zero-order chi connectivity index (χ0) is 16.0. The van der Waals surface area contributed by atoms with Gasteiger partial charge in [0.25, 0.3) is 5.92 Å². The van der Waals surface area contributed by atoms with Crippen LogP contribution in [0.5, 0.6) is 0 Å². The summed E-state index contributed by atoms with van der Waals surface area (Å²) >= 11 is 0. The van der Waals surface area contributed by atoms with Crippen LogP contribution in [0.4, 0.5) is 14.7 Å². The van der Waals surface area contributed by atoms with Crippen LogP contribution >= 0.6 is 0 Å². The van der Waals surface area contributed by atoms with Crippen LogP contribution in [-0.4, -0.2) is 21.8 Å². The van der Waals surface area contributed by atoms with E-state index in [-0.39, 0.29) is 5.95 Å². The molecule has 1 aliphatic carbocycles. The number of anilines is 1. The Kier molecular flexibility index (Phi) is 2.94. The third-order valence-electron chi connectivity index (χ3n) is 4.13. The fourth-order valence-electron chi connectivity index (χ4n) is 2.93. The van der Waals surface area contributed by atoms with Crippen molar-refractivity contribution in [3.63, 3.8) is 0 Å². The molecule has 4 rings (SSSR count). The number of amides is 1. The van der Waals surface area contributed by atoms with E-state index in [4.69, 9.17) is 0 Å². The van der Waals surface area contributed by atoms with Crippen molar-refractivity contribution in [1.29, 1.82) is 0 Å². The first kappa shape index (κ1) is 13.9. The molecule has 116 valence electrons. The lowest BCUT2D eigenvalue weighted by Crippen LogP contribution is -2.18. The molecule has 1 saturated carbocycles. The molecule has 2 atom stereocenters. The van der Waals surface area contributed by atoms with Crippen molar-refractivity contribution in [2.45, 2.75) is 11.8 Å². The molecular formula is C17H13F2N3O. The van der Waals surface area contributed by atoms with E-state index in [1.54, 1.807) is 42.5 Å². The first-order valence-electron chi connectivity index (χ1n) is 7.26. The monoisotopic (exact) mass is 313 g/mol. The highest BCUT2D eigenvalue weighted by Gasteiger charge is 2.72. The van der Waals surface area contributed by atoms with E-state index in [1.807, 2.05) is 12.1 Å². The molecule has 0 radical (unpaired) electrons. The number of carbonyl (C=O) groups excluding carboxylic acids is 1. The molecule has 2 aromatic carbocycles. The second-order valence-electron chi connectivity index (χ2n) is 5.63. The minimum Gasteiger partial charge on any atom is -0.324 e. The molecule has 0 spiro atoms. The predicted molar refractivity (Wildman–Crippen MR) is 82.3 cm³/mol. The molecular weight excluding hydrogens is 300 g/mol. The summed E-state index contributed by atoms with van der Waals surface area (Å²) in [5, 5.41) is 2.46. The van der Waals surface area contributed by atoms with Gasteiger partial charge in [-0.1, -0.05) is 42.5 Å². The summed E-state index contributed by atoms with van der Waals surface area (Å²) in [4.78, 5) is 19.3. The normalized spacial score (nSPS) is 22.0. The van der Waals surface area contributed by atoms with Crippen LogP contribution in [0.25, 0.3) is 11.0 Å². The van der Waals surface area contributed by atoms with E-state index >= 15 is 0 Å². The molecule has 3 aromatic rings. The Morgan fingerprint density at radius 3 is 2.52 bits per heavy atom. The van der Waals surface area contributed by atoms with Gasteiger partial charge in [-0.05, 0) is 17.7 Å². The summed E-state index contributed by atoms with van der Waals surface area (Å²) < 4.78 is 28.0. The summed E-state index contributed by atoms with van der Waals surface area (Å²) in [6, 6.07) is 15.6. The topological polar surface area (TPSA) is 57.8 Å². The average molecular weight is 313 g/mol. The van der Waals surface area contributed by atoms with Gasteiger partial charge < -0.3 is 4.98 Å². The van der Waals surface area contributed by atoms with Crippen molar-refractivity contribution in [3.05, 3.63) is 60.2 Å². The van der Waals surface area contributed by atoms with Gasteiger partial charge in [-0.2, -0.15) is 0 Å². The van der Waals surface area contributed by atoms with E-state index in [2.05, 4.69) is 15.3 Å². The molecule has 1 aliphatic rings. The number of hydrogen-bond donors (Lipinski definition) is 2. The van der Waals surface area contributed by atoms with Gasteiger partial charge in [-0.25, -0.2) is 13.8 Å². The van der Waals surface area contributed by atoms with Crippen molar-refractivity contribution in [3.8, 4) is 0 Å². The van der Waals surface area contributed by atoms with Gasteiger partial charge in [0.2, 0.25) is 11.9 Å². The van der Waals surface area contributed by atoms with Crippen molar-refractivity contribution >= 4 is 22.9 Å². The maximum atomic E-state index is 14.0. The number of carbonyl (C=O) groups is 1. The smallest absolute Gasteiger partial charge is 0.268 e. The van der Waals surface area contributed by atoms with Crippen LogP contribution in [-0.2, 0) is 4.79 Å². The van der Waals surface area contributed by atoms with Crippen LogP contribution in [0.3, 0.4) is 0 Å². The Bertz CT molecular complexity index is 843. The van der Waals surface area contributed by atoms with Crippen molar-refractivity contribution in [2.24, 2.45) is 5.92 Å². The average Bonchev–Trinajstić information content (AvgIpc) is 2.91. The molecule has 23 heavy (non-hydrogen) atoms. The number of para-hydroxylation sites is 2. The zero-order valence-corrected chi connectivity index (χ0v) is 12.0. The summed E-state index contributed by atoms with van der Waals surface area (Å²) in [5.41, 5.74) is 1.89. The molecule has 1 heterocycles. The number of fused-ring (bicyclic) bond motifs is 1. The lowest BCUT2D eigenvalue weighted by atomic mass is 10.1. The van der Waals surface area contributed by atoms with Gasteiger partial charge in [0.05, 0.1) is 17.0 Å². The molecule has 1 fully saturated rings. The minimum absolute atomic E-state index is 0.186. The number of aromatic nitrogens is 2. The maximum absolute atomic E-state index is 14.0. The first-order chi connectivity index (χ1) is 11.1. The first-order valence-corrected chi connectivity index (χ1v) is 7.26. The molecule has 2 unspecified atom stereocenters. The number of rotatable bonds is 3. The highest BCUT2D eigenvalue weighted by molar-refractivity contribution is 5.96. The van der Waals surface area contributed by atoms with Crippen LogP contribution in [0.15, 0.2) is 54.6 Å². The Hall–Kier alpha value is -2.76. The van der Waals surface area contributed by atoms with E-state index in [0.29, 0.717) is 11.1 Å². The fourth-order valence-corrected chi connectivity index (χ4v) is 2.93. The molecule has 0 aliphatic heterocycles. The summed E-state index contributed by atoms with van der Waals surface area (Å²) in [7, 11) is 0. The van der Waals surface area contributed by atoms with Crippen LogP contribution in [0, 0.1) is 5.92 Å². The van der Waals surface area contributed by atoms with Crippen LogP contribution in [0.1, 0.15) is 11.5 Å². The molecule has 2 N–H and O–H groups in total. The number of nitrogens with zero attached hydrogens (tertiary/aromatic N) is 1. The number of imidazole rings is 1. The number of nitrogens with one attached hydrogen (secondary N) is 2. The standard InChI is InChI=1S/C17H13F2N3O/c18-17(19)13(10-6-2-1-3-7-10)14(17)15(23)22-16-20-11-8-4-5-9-12(11)21-16/h1-9,13-14H,(H2,20,21,22,23). The summed E-state index contributed by atoms with van der Waals surface area (Å²) in [5.74, 6) is -6.00. The van der Waals surface area contributed by atoms with E-state index in [9.17, 15) is 13.6 Å². The highest BCUT2D eigenvalue weighted by atomic mass is 19.3. The molecule has 4 nitrogen and oxygen atoms in total. The third kappa shape index (κ3) is 2.27. The van der Waals surface area contributed by atoms with Gasteiger partial charge in [0.15, 0.2) is 0 Å². The van der Waals surface area contributed by atoms with Gasteiger partial charge in [0.1, 0.15) is 5.92 Å². The van der Waals surface area contributed by atoms with E-state index in [0.717, 1.165) is 5.52 Å². The highest BCUT2D eigenvalue weighted by Crippen LogP contribution is 2.61. The van der Waals surface area contributed by atoms with Gasteiger partial charge in [-0.3, -0.25) is 10.1 Å². The molecule has 6 heteroatoms. The second-order valence-corrected chi connectivity index (χ2v) is 5.63. The molecule has 1 amide bonds. The second kappa shape index (κ2) is 4.87. The lowest BCUT2D eigenvalue weighted by molar-refractivity contribution is -0.119. The Balaban J connectivity index is 1.55. The number of halogens is 2. The number of hydrogen-bond acceptors (Lipinski definition) is 2. The third-order valence-corrected chi connectivity index (χ3v) is 4.13. The van der Waals surface area contributed by atoms with Crippen molar-refractivity contribution in [1.82, 2.24) is 9.97 Å². The number of benzene rings is 2. The lowest BCUT2D eigenvalue weighted by Gasteiger charge is -2.00. The molecule has 0 bridgehead atoms. The van der Waals surface area contributed by atoms with E-state index in [1.165, 1.54) is 0 Å². The SMILES string of the molecule is O=C(Nc1nc2ccccc2[nH]1)C1C(c2ccccc2)C1(F)F.